The van der Waals surface area contributed by atoms with Crippen LogP contribution in [0.3, 0.4) is 0 Å². The number of carboxylic acids is 1. The van der Waals surface area contributed by atoms with Crippen LogP contribution in [0.5, 0.6) is 0 Å². The lowest BCUT2D eigenvalue weighted by Crippen LogP contribution is -2.66. The average Bonchev–Trinajstić information content (AvgIpc) is 3.00. The van der Waals surface area contributed by atoms with Crippen LogP contribution in [0.2, 0.25) is 0 Å². The van der Waals surface area contributed by atoms with E-state index in [4.69, 9.17) is 11.1 Å². The van der Waals surface area contributed by atoms with Crippen molar-refractivity contribution in [2.24, 2.45) is 5.73 Å². The number of nitro benzene ring substituents is 1. The Labute approximate surface area is 217 Å². The molecule has 194 valence electrons. The molecule has 3 aromatic rings. The highest BCUT2D eigenvalue weighted by Gasteiger charge is 2.57. The molecular formula is C26H25N6O6+. The predicted octanol–water partition coefficient (Wildman–Crippen LogP) is 2.89. The third-order valence-corrected chi connectivity index (χ3v) is 6.64. The van der Waals surface area contributed by atoms with Crippen molar-refractivity contribution in [2.75, 3.05) is 11.4 Å². The number of fused-ring (bicyclic) bond motifs is 1. The van der Waals surface area contributed by atoms with Crippen molar-refractivity contribution in [3.05, 3.63) is 100 Å². The minimum Gasteiger partial charge on any atom is -0.481 e. The average molecular weight is 518 g/mol. The number of quaternary nitrogens is 1. The molecule has 3 unspecified atom stereocenters. The summed E-state index contributed by atoms with van der Waals surface area (Å²) >= 11 is 0. The van der Waals surface area contributed by atoms with E-state index < -0.39 is 45.9 Å². The summed E-state index contributed by atoms with van der Waals surface area (Å²) in [6.45, 7) is -0.359. The van der Waals surface area contributed by atoms with E-state index in [1.807, 2.05) is 0 Å². The zero-order valence-corrected chi connectivity index (χ0v) is 20.1. The van der Waals surface area contributed by atoms with Crippen LogP contribution >= 0.6 is 0 Å². The number of carboxylic acid groups (broad SMARTS) is 1. The molecule has 3 atom stereocenters. The van der Waals surface area contributed by atoms with Gasteiger partial charge in [-0.15, -0.1) is 0 Å². The van der Waals surface area contributed by atoms with Gasteiger partial charge in [-0.25, -0.2) is 10.2 Å². The molecule has 0 spiro atoms. The number of nitrogens with two attached hydrogens (primary N) is 1. The van der Waals surface area contributed by atoms with Crippen LogP contribution in [0.4, 0.5) is 17.1 Å². The van der Waals surface area contributed by atoms with E-state index >= 15 is 0 Å². The number of nitrogens with zero attached hydrogens (tertiary/aromatic N) is 3. The fourth-order valence-electron chi connectivity index (χ4n) is 4.99. The summed E-state index contributed by atoms with van der Waals surface area (Å²) in [7, 11) is 0. The Morgan fingerprint density at radius 1 is 1.11 bits per heavy atom. The highest BCUT2D eigenvalue weighted by molar-refractivity contribution is 6.02. The molecule has 3 aromatic carbocycles. The first-order valence-corrected chi connectivity index (χ1v) is 11.6. The quantitative estimate of drug-likeness (QED) is 0.0879. The highest BCUT2D eigenvalue weighted by Crippen LogP contribution is 2.45. The second-order valence-electron chi connectivity index (χ2n) is 8.67. The Morgan fingerprint density at radius 3 is 2.32 bits per heavy atom. The van der Waals surface area contributed by atoms with Gasteiger partial charge in [0.15, 0.2) is 12.2 Å². The number of amides is 2. The first-order chi connectivity index (χ1) is 18.2. The Morgan fingerprint density at radius 2 is 1.74 bits per heavy atom. The van der Waals surface area contributed by atoms with Crippen LogP contribution in [-0.4, -0.2) is 51.5 Å². The molecule has 0 bridgehead atoms. The third kappa shape index (κ3) is 4.44. The van der Waals surface area contributed by atoms with Crippen molar-refractivity contribution in [1.82, 2.24) is 5.32 Å². The fraction of sp³-hybridized carbons (Fsp3) is 0.154. The normalized spacial score (nSPS) is 20.6. The molecule has 1 heterocycles. The molecule has 2 amide bonds. The van der Waals surface area contributed by atoms with Gasteiger partial charge < -0.3 is 21.1 Å². The number of nitro groups is 1. The van der Waals surface area contributed by atoms with Crippen LogP contribution in [-0.2, 0) is 9.59 Å². The van der Waals surface area contributed by atoms with Gasteiger partial charge in [0.25, 0.3) is 5.69 Å². The van der Waals surface area contributed by atoms with E-state index in [-0.39, 0.29) is 17.8 Å². The van der Waals surface area contributed by atoms with Gasteiger partial charge in [0.1, 0.15) is 12.1 Å². The lowest BCUT2D eigenvalue weighted by Gasteiger charge is -2.43. The Balaban J connectivity index is 2.09. The van der Waals surface area contributed by atoms with Crippen LogP contribution in [0, 0.1) is 15.5 Å². The zero-order valence-electron chi connectivity index (χ0n) is 20.1. The molecule has 4 rings (SSSR count). The second kappa shape index (κ2) is 10.5. The summed E-state index contributed by atoms with van der Waals surface area (Å²) in [5.74, 6) is -2.40. The maximum atomic E-state index is 14.4. The molecule has 38 heavy (non-hydrogen) atoms. The number of carbonyl (C=O) groups is 3. The number of para-hydroxylation sites is 1. The molecule has 1 aliphatic rings. The lowest BCUT2D eigenvalue weighted by molar-refractivity contribution is -0.795. The molecule has 5 N–H and O–H groups in total. The minimum absolute atomic E-state index is 0.141. The Bertz CT molecular complexity index is 1400. The summed E-state index contributed by atoms with van der Waals surface area (Å²) < 4.78 is -0.900. The van der Waals surface area contributed by atoms with Crippen molar-refractivity contribution >= 4 is 41.3 Å². The van der Waals surface area contributed by atoms with E-state index in [9.17, 15) is 29.6 Å². The lowest BCUT2D eigenvalue weighted by atomic mass is 9.97. The predicted molar refractivity (Wildman–Crippen MR) is 137 cm³/mol. The summed E-state index contributed by atoms with van der Waals surface area (Å²) in [4.78, 5) is 50.5. The number of hydrogen-bond donors (Lipinski definition) is 4. The van der Waals surface area contributed by atoms with E-state index in [1.54, 1.807) is 53.4 Å². The first kappa shape index (κ1) is 26.0. The fourth-order valence-corrected chi connectivity index (χ4v) is 4.99. The van der Waals surface area contributed by atoms with Gasteiger partial charge >= 0.3 is 17.8 Å². The SMILES string of the molecule is N=C(N)[N+]1(CCC(=O)O)C(=O)c2ccccc2N(c2ccc([N+](=O)[O-])cc2)C(NC=O)C1c1ccccc1. The maximum absolute atomic E-state index is 14.4. The van der Waals surface area contributed by atoms with Gasteiger partial charge in [0.2, 0.25) is 6.41 Å². The highest BCUT2D eigenvalue weighted by atomic mass is 16.6. The number of rotatable bonds is 8. The van der Waals surface area contributed by atoms with Gasteiger partial charge in [-0.3, -0.25) is 19.7 Å². The van der Waals surface area contributed by atoms with Gasteiger partial charge in [-0.1, -0.05) is 42.5 Å². The van der Waals surface area contributed by atoms with E-state index in [0.29, 0.717) is 23.3 Å². The molecular weight excluding hydrogens is 492 g/mol. The molecule has 0 radical (unpaired) electrons. The maximum Gasteiger partial charge on any atom is 0.356 e. The largest absolute Gasteiger partial charge is 0.481 e. The number of hydrogen-bond acceptors (Lipinski definition) is 7. The molecule has 0 aromatic heterocycles. The summed E-state index contributed by atoms with van der Waals surface area (Å²) in [6.07, 6.45) is -1.10. The van der Waals surface area contributed by atoms with Crippen LogP contribution < -0.4 is 16.0 Å². The Kier molecular flexibility index (Phi) is 7.17. The molecule has 0 saturated carbocycles. The third-order valence-electron chi connectivity index (χ3n) is 6.64. The van der Waals surface area contributed by atoms with Crippen LogP contribution in [0.25, 0.3) is 0 Å². The van der Waals surface area contributed by atoms with Gasteiger partial charge in [0.05, 0.1) is 17.0 Å². The molecule has 12 heteroatoms. The van der Waals surface area contributed by atoms with Crippen LogP contribution in [0.15, 0.2) is 78.9 Å². The Hall–Kier alpha value is -5.10. The zero-order chi connectivity index (χ0) is 27.4. The smallest absolute Gasteiger partial charge is 0.356 e. The van der Waals surface area contributed by atoms with Gasteiger partial charge in [-0.2, -0.15) is 4.48 Å². The second-order valence-corrected chi connectivity index (χ2v) is 8.67. The number of nitrogens with one attached hydrogen (secondary N) is 2. The molecule has 0 fully saturated rings. The van der Waals surface area contributed by atoms with E-state index in [1.165, 1.54) is 30.3 Å². The standard InChI is InChI=1S/C26H24N6O6/c27-26(28)32(15-14-22(34)35)23(17-6-2-1-3-7-17)24(29-16-33)30(18-10-12-19(13-11-18)31(37)38)21-9-5-4-8-20(21)25(32)36/h1-13,16,23-24H,14-15H2,(H4-,27,28,29,33,34,35)/p+1. The summed E-state index contributed by atoms with van der Waals surface area (Å²) in [5.41, 5.74) is 7.43. The summed E-state index contributed by atoms with van der Waals surface area (Å²) in [6, 6.07) is 19.6. The van der Waals surface area contributed by atoms with E-state index in [0.717, 1.165) is 0 Å². The number of non-ortho nitro benzene ring substituents is 1. The first-order valence-electron chi connectivity index (χ1n) is 11.6. The molecule has 1 aliphatic heterocycles. The van der Waals surface area contributed by atoms with Crippen molar-refractivity contribution < 1.29 is 28.9 Å². The summed E-state index contributed by atoms with van der Waals surface area (Å²) in [5, 5.41) is 32.2. The topological polar surface area (TPSA) is 180 Å². The van der Waals surface area contributed by atoms with Crippen molar-refractivity contribution in [3.8, 4) is 0 Å². The van der Waals surface area contributed by atoms with Gasteiger partial charge in [0, 0.05) is 23.4 Å². The minimum atomic E-state index is -1.19. The van der Waals surface area contributed by atoms with E-state index in [2.05, 4.69) is 5.32 Å². The number of carbonyl (C=O) groups excluding carboxylic acids is 2. The van der Waals surface area contributed by atoms with Crippen molar-refractivity contribution in [3.63, 3.8) is 0 Å². The number of aliphatic carboxylic acids is 1. The monoisotopic (exact) mass is 517 g/mol. The number of benzene rings is 3. The molecule has 12 nitrogen and oxygen atoms in total. The van der Waals surface area contributed by atoms with Crippen molar-refractivity contribution in [1.29, 1.82) is 5.41 Å². The number of guanidine groups is 1. The van der Waals surface area contributed by atoms with Crippen molar-refractivity contribution in [2.45, 2.75) is 18.6 Å². The molecule has 0 saturated heterocycles. The number of anilines is 2. The molecule has 0 aliphatic carbocycles. The van der Waals surface area contributed by atoms with Gasteiger partial charge in [-0.05, 0) is 24.3 Å². The van der Waals surface area contributed by atoms with Crippen LogP contribution in [0.1, 0.15) is 28.4 Å².